The van der Waals surface area contributed by atoms with E-state index in [0.29, 0.717) is 19.4 Å². The molecule has 0 aliphatic carbocycles. The zero-order valence-corrected chi connectivity index (χ0v) is 7.79. The fraction of sp³-hybridized carbons (Fsp3) is 0.750. The molecule has 1 aliphatic heterocycles. The van der Waals surface area contributed by atoms with Crippen molar-refractivity contribution in [2.75, 3.05) is 6.61 Å². The van der Waals surface area contributed by atoms with Crippen molar-refractivity contribution in [3.05, 3.63) is 0 Å². The monoisotopic (exact) mass is 173 g/mol. The van der Waals surface area contributed by atoms with Crippen LogP contribution in [-0.4, -0.2) is 23.5 Å². The number of nitrogens with zero attached hydrogens (tertiary/aromatic N) is 1. The molecule has 4 nitrogen and oxygen atoms in total. The number of imide groups is 1. The van der Waals surface area contributed by atoms with Gasteiger partial charge in [0.05, 0.1) is 6.61 Å². The molecule has 0 aromatic rings. The summed E-state index contributed by atoms with van der Waals surface area (Å²) < 4.78 is 0. The molecular formula is C8H15NO3. The van der Waals surface area contributed by atoms with Gasteiger partial charge in [0, 0.05) is 12.8 Å². The van der Waals surface area contributed by atoms with E-state index in [9.17, 15) is 9.59 Å². The molecule has 0 spiro atoms. The molecule has 1 heterocycles. The molecule has 1 aliphatic rings. The third kappa shape index (κ3) is 2.62. The van der Waals surface area contributed by atoms with Crippen LogP contribution in [0.15, 0.2) is 0 Å². The standard InChI is InChI=1S/C6H9NO3.C2H6/c1-2-10-7-5(8)3-4-6(7)9;1-2/h2-4H2,1H3;1-2H3. The van der Waals surface area contributed by atoms with Crippen molar-refractivity contribution in [3.63, 3.8) is 0 Å². The van der Waals surface area contributed by atoms with Crippen molar-refractivity contribution in [1.82, 2.24) is 5.06 Å². The van der Waals surface area contributed by atoms with Crippen LogP contribution in [0.2, 0.25) is 0 Å². The molecule has 1 rings (SSSR count). The maximum Gasteiger partial charge on any atom is 0.253 e. The first-order chi connectivity index (χ1) is 5.75. The topological polar surface area (TPSA) is 46.6 Å². The highest BCUT2D eigenvalue weighted by Crippen LogP contribution is 2.11. The van der Waals surface area contributed by atoms with Gasteiger partial charge in [-0.05, 0) is 6.92 Å². The lowest BCUT2D eigenvalue weighted by molar-refractivity contribution is -0.186. The van der Waals surface area contributed by atoms with E-state index in [1.54, 1.807) is 6.92 Å². The fourth-order valence-electron chi connectivity index (χ4n) is 0.829. The Hall–Kier alpha value is -0.900. The second-order valence-electron chi connectivity index (χ2n) is 2.00. The van der Waals surface area contributed by atoms with Crippen LogP contribution in [0.5, 0.6) is 0 Å². The molecular weight excluding hydrogens is 158 g/mol. The summed E-state index contributed by atoms with van der Waals surface area (Å²) in [7, 11) is 0. The van der Waals surface area contributed by atoms with Crippen LogP contribution in [0.25, 0.3) is 0 Å². The van der Waals surface area contributed by atoms with Gasteiger partial charge in [-0.25, -0.2) is 0 Å². The second-order valence-corrected chi connectivity index (χ2v) is 2.00. The van der Waals surface area contributed by atoms with E-state index in [-0.39, 0.29) is 11.8 Å². The van der Waals surface area contributed by atoms with Gasteiger partial charge in [0.15, 0.2) is 0 Å². The normalized spacial score (nSPS) is 16.1. The van der Waals surface area contributed by atoms with E-state index in [4.69, 9.17) is 4.84 Å². The average molecular weight is 173 g/mol. The predicted octanol–water partition coefficient (Wildman–Crippen LogP) is 1.11. The van der Waals surface area contributed by atoms with Gasteiger partial charge in [-0.1, -0.05) is 13.8 Å². The first kappa shape index (κ1) is 11.1. The van der Waals surface area contributed by atoms with Crippen molar-refractivity contribution < 1.29 is 14.4 Å². The molecule has 0 saturated carbocycles. The molecule has 12 heavy (non-hydrogen) atoms. The first-order valence-corrected chi connectivity index (χ1v) is 4.24. The lowest BCUT2D eigenvalue weighted by Crippen LogP contribution is -2.28. The van der Waals surface area contributed by atoms with Gasteiger partial charge in [-0.3, -0.25) is 14.4 Å². The fourth-order valence-corrected chi connectivity index (χ4v) is 0.829. The highest BCUT2D eigenvalue weighted by Gasteiger charge is 2.29. The number of carbonyl (C=O) groups excluding carboxylic acids is 2. The smallest absolute Gasteiger partial charge is 0.253 e. The van der Waals surface area contributed by atoms with Gasteiger partial charge in [-0.2, -0.15) is 5.06 Å². The minimum atomic E-state index is -0.230. The van der Waals surface area contributed by atoms with Gasteiger partial charge < -0.3 is 0 Å². The van der Waals surface area contributed by atoms with Gasteiger partial charge in [0.2, 0.25) is 0 Å². The lowest BCUT2D eigenvalue weighted by Gasteiger charge is -2.10. The Kier molecular flexibility index (Phi) is 5.28. The zero-order chi connectivity index (χ0) is 9.56. The van der Waals surface area contributed by atoms with Crippen LogP contribution in [0.1, 0.15) is 33.6 Å². The molecule has 0 aromatic carbocycles. The van der Waals surface area contributed by atoms with Crippen molar-refractivity contribution >= 4 is 11.8 Å². The summed E-state index contributed by atoms with van der Waals surface area (Å²) in [6.45, 7) is 6.09. The van der Waals surface area contributed by atoms with Crippen LogP contribution in [0, 0.1) is 0 Å². The summed E-state index contributed by atoms with van der Waals surface area (Å²) in [6, 6.07) is 0. The van der Waals surface area contributed by atoms with E-state index < -0.39 is 0 Å². The largest absolute Gasteiger partial charge is 0.272 e. The van der Waals surface area contributed by atoms with Gasteiger partial charge in [-0.15, -0.1) is 0 Å². The highest BCUT2D eigenvalue weighted by molar-refractivity contribution is 6.00. The molecule has 0 radical (unpaired) electrons. The SMILES string of the molecule is CC.CCON1C(=O)CCC1=O. The van der Waals surface area contributed by atoms with Crippen molar-refractivity contribution in [1.29, 1.82) is 0 Å². The molecule has 4 heteroatoms. The van der Waals surface area contributed by atoms with E-state index in [1.165, 1.54) is 0 Å². The maximum atomic E-state index is 10.8. The molecule has 0 atom stereocenters. The third-order valence-corrected chi connectivity index (χ3v) is 1.26. The number of hydrogen-bond donors (Lipinski definition) is 0. The number of hydroxylamine groups is 2. The van der Waals surface area contributed by atoms with Gasteiger partial charge in [0.25, 0.3) is 11.8 Å². The number of carbonyl (C=O) groups is 2. The summed E-state index contributed by atoms with van der Waals surface area (Å²) in [5.74, 6) is -0.460. The minimum Gasteiger partial charge on any atom is -0.272 e. The van der Waals surface area contributed by atoms with E-state index in [0.717, 1.165) is 5.06 Å². The van der Waals surface area contributed by atoms with Gasteiger partial charge in [0.1, 0.15) is 0 Å². The Morgan fingerprint density at radius 2 is 1.67 bits per heavy atom. The van der Waals surface area contributed by atoms with Crippen molar-refractivity contribution in [2.45, 2.75) is 33.6 Å². The lowest BCUT2D eigenvalue weighted by atomic mass is 10.4. The third-order valence-electron chi connectivity index (χ3n) is 1.26. The minimum absolute atomic E-state index is 0.230. The summed E-state index contributed by atoms with van der Waals surface area (Å²) in [5, 5.41) is 0.847. The van der Waals surface area contributed by atoms with E-state index >= 15 is 0 Å². The van der Waals surface area contributed by atoms with Crippen LogP contribution >= 0.6 is 0 Å². The summed E-state index contributed by atoms with van der Waals surface area (Å²) in [4.78, 5) is 26.3. The Morgan fingerprint density at radius 3 is 2.00 bits per heavy atom. The first-order valence-electron chi connectivity index (χ1n) is 4.24. The van der Waals surface area contributed by atoms with E-state index in [1.807, 2.05) is 13.8 Å². The molecule has 70 valence electrons. The maximum absolute atomic E-state index is 10.8. The highest BCUT2D eigenvalue weighted by atomic mass is 16.7. The molecule has 0 bridgehead atoms. The van der Waals surface area contributed by atoms with Crippen LogP contribution in [0.4, 0.5) is 0 Å². The molecule has 1 saturated heterocycles. The summed E-state index contributed by atoms with van der Waals surface area (Å²) in [6.07, 6.45) is 0.581. The average Bonchev–Trinajstić information content (AvgIpc) is 2.40. The van der Waals surface area contributed by atoms with Crippen LogP contribution < -0.4 is 0 Å². The molecule has 2 amide bonds. The summed E-state index contributed by atoms with van der Waals surface area (Å²) >= 11 is 0. The van der Waals surface area contributed by atoms with Gasteiger partial charge >= 0.3 is 0 Å². The molecule has 1 fully saturated rings. The van der Waals surface area contributed by atoms with Crippen molar-refractivity contribution in [3.8, 4) is 0 Å². The summed E-state index contributed by atoms with van der Waals surface area (Å²) in [5.41, 5.74) is 0. The quantitative estimate of drug-likeness (QED) is 0.588. The number of rotatable bonds is 2. The number of amides is 2. The molecule has 0 unspecified atom stereocenters. The van der Waals surface area contributed by atoms with Crippen molar-refractivity contribution in [2.24, 2.45) is 0 Å². The van der Waals surface area contributed by atoms with Crippen LogP contribution in [0.3, 0.4) is 0 Å². The zero-order valence-electron chi connectivity index (χ0n) is 7.79. The Bertz CT molecular complexity index is 152. The molecule has 0 N–H and O–H groups in total. The number of hydrogen-bond acceptors (Lipinski definition) is 3. The molecule has 0 aromatic heterocycles. The predicted molar refractivity (Wildman–Crippen MR) is 44.1 cm³/mol. The second kappa shape index (κ2) is 5.71. The van der Waals surface area contributed by atoms with Crippen LogP contribution in [-0.2, 0) is 14.4 Å². The van der Waals surface area contributed by atoms with E-state index in [2.05, 4.69) is 0 Å². The Balaban J connectivity index is 0.000000561. The Labute approximate surface area is 72.4 Å². The Morgan fingerprint density at radius 1 is 1.25 bits per heavy atom.